The number of non-ortho nitro benzene ring substituents is 1. The summed E-state index contributed by atoms with van der Waals surface area (Å²) in [6, 6.07) is 5.19. The summed E-state index contributed by atoms with van der Waals surface area (Å²) in [6.45, 7) is 1.26. The second kappa shape index (κ2) is 4.45. The van der Waals surface area contributed by atoms with Crippen LogP contribution in [0.15, 0.2) is 24.3 Å². The summed E-state index contributed by atoms with van der Waals surface area (Å²) in [5.74, 6) is 0. The fourth-order valence-electron chi connectivity index (χ4n) is 0.989. The lowest BCUT2D eigenvalue weighted by molar-refractivity contribution is -0.384. The van der Waals surface area contributed by atoms with E-state index in [1.807, 2.05) is 0 Å². The average molecular weight is 246 g/mol. The Hall–Kier alpha value is -1.67. The van der Waals surface area contributed by atoms with Gasteiger partial charge in [-0.3, -0.25) is 14.7 Å². The first-order valence-corrected chi connectivity index (χ1v) is 5.78. The van der Waals surface area contributed by atoms with Gasteiger partial charge in [-0.1, -0.05) is 0 Å². The smallest absolute Gasteiger partial charge is 0.285 e. The van der Waals surface area contributed by atoms with E-state index in [9.17, 15) is 18.5 Å². The Kier molecular flexibility index (Phi) is 3.45. The van der Waals surface area contributed by atoms with Crippen molar-refractivity contribution in [2.75, 3.05) is 5.32 Å². The number of benzene rings is 1. The van der Waals surface area contributed by atoms with E-state index in [1.54, 1.807) is 0 Å². The maximum absolute atomic E-state index is 10.7. The highest BCUT2D eigenvalue weighted by Gasteiger charge is 2.16. The molecule has 0 aliphatic heterocycles. The van der Waals surface area contributed by atoms with Gasteiger partial charge in [0.2, 0.25) is 0 Å². The number of anilines is 1. The van der Waals surface area contributed by atoms with E-state index < -0.39 is 20.4 Å². The summed E-state index contributed by atoms with van der Waals surface area (Å²) in [6.07, 6.45) is 0. The molecule has 0 heterocycles. The predicted molar refractivity (Wildman–Crippen MR) is 57.7 cm³/mol. The molecule has 0 unspecified atom stereocenters. The van der Waals surface area contributed by atoms with E-state index in [-0.39, 0.29) is 5.69 Å². The topological polar surface area (TPSA) is 110 Å². The Labute approximate surface area is 92.0 Å². The van der Waals surface area contributed by atoms with E-state index in [0.29, 0.717) is 5.69 Å². The van der Waals surface area contributed by atoms with Gasteiger partial charge in [0.15, 0.2) is 5.37 Å². The molecule has 1 aromatic rings. The van der Waals surface area contributed by atoms with E-state index >= 15 is 0 Å². The van der Waals surface area contributed by atoms with Crippen molar-refractivity contribution in [3.63, 3.8) is 0 Å². The molecule has 0 saturated heterocycles. The van der Waals surface area contributed by atoms with Gasteiger partial charge in [-0.2, -0.15) is 8.42 Å². The molecule has 16 heavy (non-hydrogen) atoms. The van der Waals surface area contributed by atoms with Crippen molar-refractivity contribution >= 4 is 21.5 Å². The Bertz CT molecular complexity index is 482. The van der Waals surface area contributed by atoms with E-state index in [4.69, 9.17) is 4.55 Å². The second-order valence-electron chi connectivity index (χ2n) is 3.11. The molecule has 0 aliphatic carbocycles. The molecule has 1 atom stereocenters. The molecule has 1 aromatic carbocycles. The first-order chi connectivity index (χ1) is 7.30. The van der Waals surface area contributed by atoms with Crippen LogP contribution in [-0.4, -0.2) is 23.3 Å². The molecule has 88 valence electrons. The number of rotatable bonds is 4. The van der Waals surface area contributed by atoms with E-state index in [1.165, 1.54) is 31.2 Å². The minimum absolute atomic E-state index is 0.0925. The first kappa shape index (κ1) is 12.4. The molecule has 8 heteroatoms. The van der Waals surface area contributed by atoms with Crippen molar-refractivity contribution < 1.29 is 17.9 Å². The van der Waals surface area contributed by atoms with Gasteiger partial charge in [0, 0.05) is 17.8 Å². The minimum atomic E-state index is -4.17. The maximum Gasteiger partial charge on any atom is 0.285 e. The largest absolute Gasteiger partial charge is 0.367 e. The summed E-state index contributed by atoms with van der Waals surface area (Å²) in [5.41, 5.74) is 0.279. The number of nitro groups is 1. The van der Waals surface area contributed by atoms with Crippen LogP contribution >= 0.6 is 0 Å². The lowest BCUT2D eigenvalue weighted by Gasteiger charge is -2.11. The van der Waals surface area contributed by atoms with E-state index in [2.05, 4.69) is 5.32 Å². The van der Waals surface area contributed by atoms with Crippen molar-refractivity contribution in [2.24, 2.45) is 0 Å². The molecule has 0 bridgehead atoms. The lowest BCUT2D eigenvalue weighted by Crippen LogP contribution is -2.25. The Morgan fingerprint density at radius 1 is 1.38 bits per heavy atom. The van der Waals surface area contributed by atoms with Gasteiger partial charge < -0.3 is 5.32 Å². The summed E-state index contributed by atoms with van der Waals surface area (Å²) < 4.78 is 30.1. The van der Waals surface area contributed by atoms with Crippen LogP contribution in [0.2, 0.25) is 0 Å². The van der Waals surface area contributed by atoms with Crippen LogP contribution in [0.25, 0.3) is 0 Å². The molecular formula is C8H10N2O5S. The highest BCUT2D eigenvalue weighted by atomic mass is 32.2. The fourth-order valence-corrected chi connectivity index (χ4v) is 1.27. The number of hydrogen-bond donors (Lipinski definition) is 2. The number of nitro benzene ring substituents is 1. The van der Waals surface area contributed by atoms with Crippen LogP contribution in [-0.2, 0) is 10.1 Å². The van der Waals surface area contributed by atoms with Crippen LogP contribution in [0.4, 0.5) is 11.4 Å². The van der Waals surface area contributed by atoms with Gasteiger partial charge in [0.05, 0.1) is 4.92 Å². The zero-order chi connectivity index (χ0) is 12.3. The normalized spacial score (nSPS) is 13.1. The molecule has 0 amide bonds. The fraction of sp³-hybridized carbons (Fsp3) is 0.250. The second-order valence-corrected chi connectivity index (χ2v) is 4.84. The van der Waals surface area contributed by atoms with Crippen molar-refractivity contribution in [1.82, 2.24) is 0 Å². The summed E-state index contributed by atoms with van der Waals surface area (Å²) >= 11 is 0. The number of nitrogens with one attached hydrogen (secondary N) is 1. The van der Waals surface area contributed by atoms with E-state index in [0.717, 1.165) is 0 Å². The minimum Gasteiger partial charge on any atom is -0.367 e. The Morgan fingerprint density at radius 2 is 1.88 bits per heavy atom. The highest BCUT2D eigenvalue weighted by molar-refractivity contribution is 7.86. The quantitative estimate of drug-likeness (QED) is 0.470. The molecule has 7 nitrogen and oxygen atoms in total. The van der Waals surface area contributed by atoms with Crippen molar-refractivity contribution in [1.29, 1.82) is 0 Å². The first-order valence-electron chi connectivity index (χ1n) is 4.28. The van der Waals surface area contributed by atoms with Gasteiger partial charge in [0.1, 0.15) is 0 Å². The summed E-state index contributed by atoms with van der Waals surface area (Å²) in [4.78, 5) is 9.78. The summed E-state index contributed by atoms with van der Waals surface area (Å²) in [5, 5.41) is 11.7. The van der Waals surface area contributed by atoms with Crippen molar-refractivity contribution in [3.05, 3.63) is 34.4 Å². The zero-order valence-electron chi connectivity index (χ0n) is 8.32. The lowest BCUT2D eigenvalue weighted by atomic mass is 10.3. The van der Waals surface area contributed by atoms with Gasteiger partial charge in [0.25, 0.3) is 15.8 Å². The standard InChI is InChI=1S/C8H10N2O5S/c1-6(16(13,14)15)9-7-2-4-8(5-3-7)10(11)12/h2-6,9H,1H3,(H,13,14,15)/t6-/m0/s1. The maximum atomic E-state index is 10.7. The Balaban J connectivity index is 2.81. The van der Waals surface area contributed by atoms with Crippen LogP contribution in [0, 0.1) is 10.1 Å². The van der Waals surface area contributed by atoms with Crippen molar-refractivity contribution in [3.8, 4) is 0 Å². The summed E-state index contributed by atoms with van der Waals surface area (Å²) in [7, 11) is -4.17. The Morgan fingerprint density at radius 3 is 2.25 bits per heavy atom. The molecule has 0 radical (unpaired) electrons. The average Bonchev–Trinajstić information content (AvgIpc) is 2.17. The third-order valence-corrected chi connectivity index (χ3v) is 2.91. The van der Waals surface area contributed by atoms with Gasteiger partial charge in [-0.25, -0.2) is 0 Å². The van der Waals surface area contributed by atoms with Crippen LogP contribution < -0.4 is 5.32 Å². The number of nitrogens with zero attached hydrogens (tertiary/aromatic N) is 1. The highest BCUT2D eigenvalue weighted by Crippen LogP contribution is 2.16. The number of hydrogen-bond acceptors (Lipinski definition) is 5. The van der Waals surface area contributed by atoms with Crippen molar-refractivity contribution in [2.45, 2.75) is 12.3 Å². The zero-order valence-corrected chi connectivity index (χ0v) is 9.14. The van der Waals surface area contributed by atoms with Gasteiger partial charge >= 0.3 is 0 Å². The monoisotopic (exact) mass is 246 g/mol. The van der Waals surface area contributed by atoms with Crippen LogP contribution in [0.1, 0.15) is 6.92 Å². The van der Waals surface area contributed by atoms with Crippen LogP contribution in [0.5, 0.6) is 0 Å². The molecule has 2 N–H and O–H groups in total. The molecule has 0 aliphatic rings. The molecule has 0 saturated carbocycles. The molecular weight excluding hydrogens is 236 g/mol. The third-order valence-electron chi connectivity index (χ3n) is 1.89. The van der Waals surface area contributed by atoms with Gasteiger partial charge in [-0.05, 0) is 19.1 Å². The predicted octanol–water partition coefficient (Wildman–Crippen LogP) is 1.24. The molecule has 0 aromatic heterocycles. The van der Waals surface area contributed by atoms with Gasteiger partial charge in [-0.15, -0.1) is 0 Å². The van der Waals surface area contributed by atoms with Crippen LogP contribution in [0.3, 0.4) is 0 Å². The molecule has 0 spiro atoms. The molecule has 1 rings (SSSR count). The third kappa shape index (κ3) is 3.17. The SMILES string of the molecule is C[C@@H](Nc1ccc([N+](=O)[O-])cc1)S(=O)(=O)O. The molecule has 0 fully saturated rings.